The summed E-state index contributed by atoms with van der Waals surface area (Å²) in [5.41, 5.74) is 4.09. The maximum atomic E-state index is 12.2. The second-order valence-electron chi connectivity index (χ2n) is 6.66. The van der Waals surface area contributed by atoms with Gasteiger partial charge in [-0.15, -0.1) is 0 Å². The number of pyridine rings is 1. The summed E-state index contributed by atoms with van der Waals surface area (Å²) >= 11 is 0. The minimum absolute atomic E-state index is 0.152. The number of rotatable bonds is 4. The molecule has 4 nitrogen and oxygen atoms in total. The van der Waals surface area contributed by atoms with Crippen molar-refractivity contribution in [2.24, 2.45) is 0 Å². The second-order valence-corrected chi connectivity index (χ2v) is 6.66. The Bertz CT molecular complexity index is 766. The van der Waals surface area contributed by atoms with E-state index in [1.807, 2.05) is 26.1 Å². The van der Waals surface area contributed by atoms with E-state index >= 15 is 0 Å². The van der Waals surface area contributed by atoms with E-state index in [4.69, 9.17) is 4.74 Å². The number of hydrogen-bond donors (Lipinski definition) is 1. The van der Waals surface area contributed by atoms with Gasteiger partial charge < -0.3 is 9.72 Å². The first kappa shape index (κ1) is 16.8. The fraction of sp³-hybridized carbons (Fsp3) is 0.450. The molecule has 1 aliphatic heterocycles. The molecular weight excluding hydrogens is 300 g/mol. The number of H-pyrrole nitrogens is 1. The highest BCUT2D eigenvalue weighted by atomic mass is 16.5. The van der Waals surface area contributed by atoms with Gasteiger partial charge in [0.1, 0.15) is 5.75 Å². The third-order valence-electron chi connectivity index (χ3n) is 5.07. The molecule has 1 unspecified atom stereocenters. The molecule has 4 heteroatoms. The Hall–Kier alpha value is -2.07. The molecule has 0 aliphatic carbocycles. The summed E-state index contributed by atoms with van der Waals surface area (Å²) in [7, 11) is 1.71. The zero-order valence-electron chi connectivity index (χ0n) is 14.8. The van der Waals surface area contributed by atoms with Gasteiger partial charge in [0.25, 0.3) is 0 Å². The molecule has 2 heterocycles. The summed E-state index contributed by atoms with van der Waals surface area (Å²) in [5.74, 6) is 0.901. The van der Waals surface area contributed by atoms with Crippen molar-refractivity contribution < 1.29 is 4.74 Å². The molecule has 1 saturated heterocycles. The predicted molar refractivity (Wildman–Crippen MR) is 96.5 cm³/mol. The van der Waals surface area contributed by atoms with Crippen molar-refractivity contribution in [2.45, 2.75) is 45.7 Å². The van der Waals surface area contributed by atoms with E-state index in [2.05, 4.69) is 28.1 Å². The van der Waals surface area contributed by atoms with Gasteiger partial charge in [-0.3, -0.25) is 9.69 Å². The first-order valence-corrected chi connectivity index (χ1v) is 8.66. The average Bonchev–Trinajstić information content (AvgIpc) is 2.62. The highest BCUT2D eigenvalue weighted by Gasteiger charge is 2.25. The van der Waals surface area contributed by atoms with Gasteiger partial charge in [0.15, 0.2) is 5.43 Å². The van der Waals surface area contributed by atoms with Crippen LogP contribution in [0.5, 0.6) is 5.75 Å². The van der Waals surface area contributed by atoms with E-state index in [0.29, 0.717) is 6.04 Å². The fourth-order valence-electron chi connectivity index (χ4n) is 3.58. The van der Waals surface area contributed by atoms with E-state index in [9.17, 15) is 4.79 Å². The van der Waals surface area contributed by atoms with E-state index in [0.717, 1.165) is 42.1 Å². The molecule has 24 heavy (non-hydrogen) atoms. The maximum Gasteiger partial charge on any atom is 0.187 e. The number of aryl methyl sites for hydroxylation is 1. The molecule has 3 rings (SSSR count). The van der Waals surface area contributed by atoms with Crippen LogP contribution >= 0.6 is 0 Å². The number of aromatic nitrogens is 1. The number of nitrogens with zero attached hydrogens (tertiary/aromatic N) is 1. The number of benzene rings is 1. The SMILES string of the molecule is COc1cccc(C2CCCCN2Cc2[nH]cc(C)c(=O)c2C)c1. The third kappa shape index (κ3) is 3.39. The first-order valence-electron chi connectivity index (χ1n) is 8.66. The number of hydrogen-bond acceptors (Lipinski definition) is 3. The minimum Gasteiger partial charge on any atom is -0.497 e. The Morgan fingerprint density at radius 1 is 1.29 bits per heavy atom. The van der Waals surface area contributed by atoms with Crippen molar-refractivity contribution in [3.63, 3.8) is 0 Å². The number of likely N-dealkylation sites (tertiary alicyclic amines) is 1. The topological polar surface area (TPSA) is 45.3 Å². The molecular formula is C20H26N2O2. The highest BCUT2D eigenvalue weighted by molar-refractivity contribution is 5.31. The third-order valence-corrected chi connectivity index (χ3v) is 5.07. The summed E-state index contributed by atoms with van der Waals surface area (Å²) in [6.45, 7) is 5.61. The number of nitrogens with one attached hydrogen (secondary N) is 1. The van der Waals surface area contributed by atoms with Gasteiger partial charge in [-0.1, -0.05) is 18.6 Å². The summed E-state index contributed by atoms with van der Waals surface area (Å²) in [5, 5.41) is 0. The van der Waals surface area contributed by atoms with Gasteiger partial charge in [0.2, 0.25) is 0 Å². The van der Waals surface area contributed by atoms with Gasteiger partial charge in [-0.2, -0.15) is 0 Å². The molecule has 1 aromatic heterocycles. The van der Waals surface area contributed by atoms with Crippen LogP contribution in [0.3, 0.4) is 0 Å². The van der Waals surface area contributed by atoms with Crippen LogP contribution in [0.15, 0.2) is 35.3 Å². The van der Waals surface area contributed by atoms with Gasteiger partial charge in [0.05, 0.1) is 7.11 Å². The van der Waals surface area contributed by atoms with Crippen LogP contribution in [0.25, 0.3) is 0 Å². The fourth-order valence-corrected chi connectivity index (χ4v) is 3.58. The molecule has 1 aromatic carbocycles. The monoisotopic (exact) mass is 326 g/mol. The van der Waals surface area contributed by atoms with Gasteiger partial charge in [-0.25, -0.2) is 0 Å². The molecule has 0 amide bonds. The van der Waals surface area contributed by atoms with Gasteiger partial charge in [0, 0.05) is 35.6 Å². The molecule has 1 atom stereocenters. The van der Waals surface area contributed by atoms with Crippen molar-refractivity contribution in [1.29, 1.82) is 0 Å². The van der Waals surface area contributed by atoms with Crippen LogP contribution in [0, 0.1) is 13.8 Å². The second kappa shape index (κ2) is 7.22. The largest absolute Gasteiger partial charge is 0.497 e. The van der Waals surface area contributed by atoms with Crippen molar-refractivity contribution in [3.05, 3.63) is 63.1 Å². The van der Waals surface area contributed by atoms with Crippen molar-refractivity contribution in [3.8, 4) is 5.75 Å². The maximum absolute atomic E-state index is 12.2. The molecule has 128 valence electrons. The van der Waals surface area contributed by atoms with E-state index < -0.39 is 0 Å². The van der Waals surface area contributed by atoms with Crippen LogP contribution in [0.4, 0.5) is 0 Å². The van der Waals surface area contributed by atoms with Crippen LogP contribution in [0.2, 0.25) is 0 Å². The zero-order valence-corrected chi connectivity index (χ0v) is 14.8. The molecule has 2 aromatic rings. The normalized spacial score (nSPS) is 18.5. The van der Waals surface area contributed by atoms with Crippen molar-refractivity contribution in [1.82, 2.24) is 9.88 Å². The number of methoxy groups -OCH3 is 1. The number of piperidine rings is 1. The Labute approximate surface area is 143 Å². The number of ether oxygens (including phenoxy) is 1. The lowest BCUT2D eigenvalue weighted by Crippen LogP contribution is -2.34. The Kier molecular flexibility index (Phi) is 5.05. The zero-order chi connectivity index (χ0) is 17.1. The highest BCUT2D eigenvalue weighted by Crippen LogP contribution is 2.33. The van der Waals surface area contributed by atoms with Crippen LogP contribution in [-0.4, -0.2) is 23.5 Å². The van der Waals surface area contributed by atoms with Crippen molar-refractivity contribution in [2.75, 3.05) is 13.7 Å². The minimum atomic E-state index is 0.152. The first-order chi connectivity index (χ1) is 11.6. The molecule has 1 N–H and O–H groups in total. The van der Waals surface area contributed by atoms with E-state index in [1.165, 1.54) is 18.4 Å². The summed E-state index contributed by atoms with van der Waals surface area (Å²) in [6.07, 6.45) is 5.41. The lowest BCUT2D eigenvalue weighted by atomic mass is 9.94. The Balaban J connectivity index is 1.87. The van der Waals surface area contributed by atoms with E-state index in [-0.39, 0.29) is 5.43 Å². The Morgan fingerprint density at radius 3 is 2.92 bits per heavy atom. The smallest absolute Gasteiger partial charge is 0.187 e. The standard InChI is InChI=1S/C20H26N2O2/c1-14-12-21-18(15(2)20(14)23)13-22-10-5-4-9-19(22)16-7-6-8-17(11-16)24-3/h6-8,11-12,19H,4-5,9-10,13H2,1-3H3,(H,21,23). The summed E-state index contributed by atoms with van der Waals surface area (Å²) in [4.78, 5) is 18.0. The van der Waals surface area contributed by atoms with E-state index in [1.54, 1.807) is 7.11 Å². The molecule has 0 radical (unpaired) electrons. The van der Waals surface area contributed by atoms with Crippen LogP contribution in [-0.2, 0) is 6.54 Å². The molecule has 1 aliphatic rings. The lowest BCUT2D eigenvalue weighted by Gasteiger charge is -2.36. The quantitative estimate of drug-likeness (QED) is 0.931. The van der Waals surface area contributed by atoms with Gasteiger partial charge in [-0.05, 0) is 50.9 Å². The van der Waals surface area contributed by atoms with Crippen molar-refractivity contribution >= 4 is 0 Å². The number of aromatic amines is 1. The van der Waals surface area contributed by atoms with Crippen LogP contribution < -0.4 is 10.2 Å². The molecule has 0 spiro atoms. The Morgan fingerprint density at radius 2 is 2.12 bits per heavy atom. The average molecular weight is 326 g/mol. The molecule has 1 fully saturated rings. The predicted octanol–water partition coefficient (Wildman–Crippen LogP) is 3.73. The lowest BCUT2D eigenvalue weighted by molar-refractivity contribution is 0.138. The molecule has 0 bridgehead atoms. The van der Waals surface area contributed by atoms with Gasteiger partial charge >= 0.3 is 0 Å². The summed E-state index contributed by atoms with van der Waals surface area (Å²) in [6, 6.07) is 8.72. The van der Waals surface area contributed by atoms with Crippen LogP contribution in [0.1, 0.15) is 47.7 Å². The summed E-state index contributed by atoms with van der Waals surface area (Å²) < 4.78 is 5.38. The molecule has 0 saturated carbocycles.